The van der Waals surface area contributed by atoms with Crippen LogP contribution in [0.1, 0.15) is 61.3 Å². The molecule has 2 aromatic rings. The summed E-state index contributed by atoms with van der Waals surface area (Å²) in [6, 6.07) is 14.5. The van der Waals surface area contributed by atoms with Gasteiger partial charge in [-0.1, -0.05) is 67.8 Å². The van der Waals surface area contributed by atoms with Crippen molar-refractivity contribution in [1.82, 2.24) is 4.90 Å². The molecule has 0 bridgehead atoms. The molecule has 1 saturated heterocycles. The fraction of sp³-hybridized carbons (Fsp3) is 0.480. The van der Waals surface area contributed by atoms with E-state index in [4.69, 9.17) is 4.74 Å². The lowest BCUT2D eigenvalue weighted by Crippen LogP contribution is -2.55. The van der Waals surface area contributed by atoms with Gasteiger partial charge in [-0.05, 0) is 36.0 Å². The van der Waals surface area contributed by atoms with Crippen molar-refractivity contribution in [3.63, 3.8) is 0 Å². The molecule has 1 atom stereocenters. The van der Waals surface area contributed by atoms with Gasteiger partial charge >= 0.3 is 6.18 Å². The van der Waals surface area contributed by atoms with Crippen LogP contribution in [-0.2, 0) is 15.7 Å². The molecule has 2 aromatic carbocycles. The van der Waals surface area contributed by atoms with Crippen LogP contribution < -0.4 is 0 Å². The third-order valence-electron chi connectivity index (χ3n) is 6.37. The first-order valence-electron chi connectivity index (χ1n) is 11.1. The van der Waals surface area contributed by atoms with E-state index in [1.807, 2.05) is 6.07 Å². The summed E-state index contributed by atoms with van der Waals surface area (Å²) in [5.41, 5.74) is 0.0905. The Morgan fingerprint density at radius 2 is 1.61 bits per heavy atom. The number of rotatable bonds is 6. The van der Waals surface area contributed by atoms with Gasteiger partial charge in [-0.3, -0.25) is 4.79 Å². The Bertz CT molecular complexity index is 872. The Kier molecular flexibility index (Phi) is 6.65. The predicted octanol–water partition coefficient (Wildman–Crippen LogP) is 5.99. The maximum absolute atomic E-state index is 13.6. The summed E-state index contributed by atoms with van der Waals surface area (Å²) in [5, 5.41) is 0. The Labute approximate surface area is 181 Å². The predicted molar refractivity (Wildman–Crippen MR) is 112 cm³/mol. The van der Waals surface area contributed by atoms with Crippen LogP contribution in [0.4, 0.5) is 13.2 Å². The van der Waals surface area contributed by atoms with E-state index in [0.29, 0.717) is 31.0 Å². The first kappa shape index (κ1) is 21.9. The Balaban J connectivity index is 1.45. The number of likely N-dealkylation sites (tertiary alicyclic amines) is 1. The summed E-state index contributed by atoms with van der Waals surface area (Å²) < 4.78 is 47.1. The van der Waals surface area contributed by atoms with Gasteiger partial charge in [0.15, 0.2) is 0 Å². The standard InChI is InChI=1S/C25H28F3NO2/c26-25(27,28)22-14-8-7-13-21(22)24(19-11-5-2-6-12-19)31-20-16-29(17-20)23(30)15-18-9-3-1-4-10-18/h2,5-8,11-14,18,20,24H,1,3-4,9-10,15-17H2. The van der Waals surface area contributed by atoms with E-state index in [0.717, 1.165) is 18.9 Å². The van der Waals surface area contributed by atoms with Gasteiger partial charge < -0.3 is 9.64 Å². The lowest BCUT2D eigenvalue weighted by atomic mass is 9.86. The number of benzene rings is 2. The van der Waals surface area contributed by atoms with E-state index in [1.54, 1.807) is 35.2 Å². The molecule has 0 aromatic heterocycles. The van der Waals surface area contributed by atoms with Gasteiger partial charge in [0.1, 0.15) is 6.10 Å². The molecule has 4 rings (SSSR count). The molecule has 31 heavy (non-hydrogen) atoms. The summed E-state index contributed by atoms with van der Waals surface area (Å²) >= 11 is 0. The highest BCUT2D eigenvalue weighted by molar-refractivity contribution is 5.77. The number of carbonyl (C=O) groups excluding carboxylic acids is 1. The van der Waals surface area contributed by atoms with Gasteiger partial charge in [-0.15, -0.1) is 0 Å². The van der Waals surface area contributed by atoms with Crippen LogP contribution in [0.2, 0.25) is 0 Å². The number of ether oxygens (including phenoxy) is 1. The molecule has 1 amide bonds. The maximum atomic E-state index is 13.6. The molecule has 0 N–H and O–H groups in total. The number of amides is 1. The molecular formula is C25H28F3NO2. The zero-order valence-corrected chi connectivity index (χ0v) is 17.5. The summed E-state index contributed by atoms with van der Waals surface area (Å²) in [5.74, 6) is 0.607. The normalized spacial score (nSPS) is 19.1. The van der Waals surface area contributed by atoms with Crippen molar-refractivity contribution in [2.45, 2.75) is 56.9 Å². The van der Waals surface area contributed by atoms with Crippen molar-refractivity contribution < 1.29 is 22.7 Å². The first-order chi connectivity index (χ1) is 14.9. The SMILES string of the molecule is O=C(CC1CCCCC1)N1CC(OC(c2ccccc2)c2ccccc2C(F)(F)F)C1. The number of nitrogens with zero attached hydrogens (tertiary/aromatic N) is 1. The van der Waals surface area contributed by atoms with E-state index < -0.39 is 17.8 Å². The molecule has 1 saturated carbocycles. The van der Waals surface area contributed by atoms with Crippen molar-refractivity contribution >= 4 is 5.91 Å². The second-order valence-electron chi connectivity index (χ2n) is 8.64. The fourth-order valence-corrected chi connectivity index (χ4v) is 4.63. The zero-order chi connectivity index (χ0) is 21.8. The number of halogens is 3. The second kappa shape index (κ2) is 9.43. The largest absolute Gasteiger partial charge is 0.416 e. The van der Waals surface area contributed by atoms with Gasteiger partial charge in [0.25, 0.3) is 0 Å². The van der Waals surface area contributed by atoms with Crippen LogP contribution in [0, 0.1) is 5.92 Å². The van der Waals surface area contributed by atoms with Crippen LogP contribution in [-0.4, -0.2) is 30.0 Å². The summed E-state index contributed by atoms with van der Waals surface area (Å²) in [4.78, 5) is 14.3. The van der Waals surface area contributed by atoms with Crippen molar-refractivity contribution in [3.8, 4) is 0 Å². The van der Waals surface area contributed by atoms with Crippen molar-refractivity contribution in [2.75, 3.05) is 13.1 Å². The van der Waals surface area contributed by atoms with E-state index in [-0.39, 0.29) is 17.6 Å². The van der Waals surface area contributed by atoms with E-state index >= 15 is 0 Å². The monoisotopic (exact) mass is 431 g/mol. The van der Waals surface area contributed by atoms with Crippen molar-refractivity contribution in [3.05, 3.63) is 71.3 Å². The highest BCUT2D eigenvalue weighted by atomic mass is 19.4. The molecule has 2 aliphatic rings. The molecule has 1 aliphatic carbocycles. The minimum absolute atomic E-state index is 0.105. The number of hydrogen-bond acceptors (Lipinski definition) is 2. The topological polar surface area (TPSA) is 29.5 Å². The summed E-state index contributed by atoms with van der Waals surface area (Å²) in [7, 11) is 0. The number of alkyl halides is 3. The lowest BCUT2D eigenvalue weighted by Gasteiger charge is -2.41. The highest BCUT2D eigenvalue weighted by Crippen LogP contribution is 2.39. The zero-order valence-electron chi connectivity index (χ0n) is 17.5. The third kappa shape index (κ3) is 5.29. The van der Waals surface area contributed by atoms with Gasteiger partial charge in [-0.2, -0.15) is 13.2 Å². The molecular weight excluding hydrogens is 403 g/mol. The summed E-state index contributed by atoms with van der Waals surface area (Å²) in [6.45, 7) is 0.867. The van der Waals surface area contributed by atoms with Crippen LogP contribution >= 0.6 is 0 Å². The molecule has 0 spiro atoms. The van der Waals surface area contributed by atoms with E-state index in [9.17, 15) is 18.0 Å². The van der Waals surface area contributed by atoms with Gasteiger partial charge in [0.05, 0.1) is 11.7 Å². The Hall–Kier alpha value is -2.34. The molecule has 1 aliphatic heterocycles. The van der Waals surface area contributed by atoms with E-state index in [2.05, 4.69) is 0 Å². The Morgan fingerprint density at radius 3 is 2.29 bits per heavy atom. The van der Waals surface area contributed by atoms with Gasteiger partial charge in [0, 0.05) is 19.5 Å². The van der Waals surface area contributed by atoms with Crippen LogP contribution in [0.25, 0.3) is 0 Å². The minimum Gasteiger partial charge on any atom is -0.362 e. The smallest absolute Gasteiger partial charge is 0.362 e. The van der Waals surface area contributed by atoms with Crippen LogP contribution in [0.5, 0.6) is 0 Å². The second-order valence-corrected chi connectivity index (χ2v) is 8.64. The first-order valence-corrected chi connectivity index (χ1v) is 11.1. The van der Waals surface area contributed by atoms with Crippen molar-refractivity contribution in [1.29, 1.82) is 0 Å². The molecule has 166 valence electrons. The lowest BCUT2D eigenvalue weighted by molar-refractivity contribution is -0.150. The van der Waals surface area contributed by atoms with E-state index in [1.165, 1.54) is 31.4 Å². The van der Waals surface area contributed by atoms with Crippen molar-refractivity contribution in [2.24, 2.45) is 5.92 Å². The van der Waals surface area contributed by atoms with Crippen LogP contribution in [0.15, 0.2) is 54.6 Å². The maximum Gasteiger partial charge on any atom is 0.416 e. The molecule has 0 radical (unpaired) electrons. The minimum atomic E-state index is -4.46. The van der Waals surface area contributed by atoms with Gasteiger partial charge in [0.2, 0.25) is 5.91 Å². The summed E-state index contributed by atoms with van der Waals surface area (Å²) in [6.07, 6.45) is 0.877. The third-order valence-corrected chi connectivity index (χ3v) is 6.37. The number of hydrogen-bond donors (Lipinski definition) is 0. The average molecular weight is 431 g/mol. The van der Waals surface area contributed by atoms with Crippen LogP contribution in [0.3, 0.4) is 0 Å². The molecule has 1 unspecified atom stereocenters. The Morgan fingerprint density at radius 1 is 0.968 bits per heavy atom. The van der Waals surface area contributed by atoms with Gasteiger partial charge in [-0.25, -0.2) is 0 Å². The fourth-order valence-electron chi connectivity index (χ4n) is 4.63. The molecule has 2 fully saturated rings. The average Bonchev–Trinajstić information content (AvgIpc) is 2.73. The number of carbonyl (C=O) groups is 1. The molecule has 6 heteroatoms. The quantitative estimate of drug-likeness (QED) is 0.562. The highest BCUT2D eigenvalue weighted by Gasteiger charge is 2.39. The molecule has 1 heterocycles. The molecule has 3 nitrogen and oxygen atoms in total.